The van der Waals surface area contributed by atoms with Crippen molar-refractivity contribution in [2.45, 2.75) is 149 Å². The molecule has 0 aliphatic rings. The molecule has 0 saturated carbocycles. The van der Waals surface area contributed by atoms with Crippen molar-refractivity contribution in [2.24, 2.45) is 0 Å². The maximum atomic E-state index is 2.55. The lowest BCUT2D eigenvalue weighted by atomic mass is 10.1. The Balaban J connectivity index is 2.28. The van der Waals surface area contributed by atoms with Crippen LogP contribution in [-0.2, 0) is 13.0 Å². The lowest BCUT2D eigenvalue weighted by Gasteiger charge is -2.08. The Morgan fingerprint density at radius 3 is 1.64 bits per heavy atom. The summed E-state index contributed by atoms with van der Waals surface area (Å²) >= 11 is 0. The SMILES string of the molecule is CCCCCCCCCCc1n(C(C)C)cc[n+]1CCCCCCCCCC. The summed E-state index contributed by atoms with van der Waals surface area (Å²) in [5, 5.41) is 0. The van der Waals surface area contributed by atoms with Gasteiger partial charge in [-0.1, -0.05) is 97.3 Å². The lowest BCUT2D eigenvalue weighted by molar-refractivity contribution is -0.704. The number of hydrogen-bond donors (Lipinski definition) is 0. The molecule has 2 nitrogen and oxygen atoms in total. The monoisotopic (exact) mass is 391 g/mol. The van der Waals surface area contributed by atoms with E-state index in [2.05, 4.69) is 49.2 Å². The number of imidazole rings is 1. The van der Waals surface area contributed by atoms with Crippen molar-refractivity contribution in [3.63, 3.8) is 0 Å². The molecule has 0 bridgehead atoms. The average molecular weight is 392 g/mol. The number of unbranched alkanes of at least 4 members (excludes halogenated alkanes) is 14. The molecule has 0 aliphatic carbocycles. The van der Waals surface area contributed by atoms with Crippen LogP contribution in [0.15, 0.2) is 12.4 Å². The Kier molecular flexibility index (Phi) is 15.4. The summed E-state index contributed by atoms with van der Waals surface area (Å²) in [4.78, 5) is 0. The summed E-state index contributed by atoms with van der Waals surface area (Å²) in [5.41, 5.74) is 0. The summed E-state index contributed by atoms with van der Waals surface area (Å²) in [7, 11) is 0. The van der Waals surface area contributed by atoms with E-state index < -0.39 is 0 Å². The molecule has 28 heavy (non-hydrogen) atoms. The normalized spacial score (nSPS) is 11.6. The number of aryl methyl sites for hydroxylation is 1. The quantitative estimate of drug-likeness (QED) is 0.166. The Bertz CT molecular complexity index is 461. The molecule has 1 aromatic rings. The maximum absolute atomic E-state index is 2.55. The molecule has 1 aromatic heterocycles. The van der Waals surface area contributed by atoms with Crippen LogP contribution in [0.4, 0.5) is 0 Å². The molecular weight excluding hydrogens is 340 g/mol. The smallest absolute Gasteiger partial charge is 0.234 e. The first kappa shape index (κ1) is 25.2. The molecular formula is C26H51N2+. The minimum atomic E-state index is 0.573. The van der Waals surface area contributed by atoms with Crippen molar-refractivity contribution in [1.29, 1.82) is 0 Å². The molecule has 0 fully saturated rings. The van der Waals surface area contributed by atoms with Crippen LogP contribution < -0.4 is 4.57 Å². The zero-order valence-electron chi connectivity index (χ0n) is 19.9. The molecule has 1 rings (SSSR count). The highest BCUT2D eigenvalue weighted by atomic mass is 15.2. The number of nitrogens with zero attached hydrogens (tertiary/aromatic N) is 2. The van der Waals surface area contributed by atoms with Crippen LogP contribution in [-0.4, -0.2) is 4.57 Å². The fourth-order valence-corrected chi connectivity index (χ4v) is 4.25. The van der Waals surface area contributed by atoms with E-state index >= 15 is 0 Å². The summed E-state index contributed by atoms with van der Waals surface area (Å²) in [5.74, 6) is 1.56. The van der Waals surface area contributed by atoms with Crippen LogP contribution in [0, 0.1) is 0 Å². The molecule has 1 heterocycles. The average Bonchev–Trinajstić information content (AvgIpc) is 3.09. The van der Waals surface area contributed by atoms with Gasteiger partial charge >= 0.3 is 0 Å². The van der Waals surface area contributed by atoms with Crippen LogP contribution in [0.2, 0.25) is 0 Å². The van der Waals surface area contributed by atoms with Gasteiger partial charge in [0, 0.05) is 6.42 Å². The fraction of sp³-hybridized carbons (Fsp3) is 0.885. The van der Waals surface area contributed by atoms with Crippen LogP contribution in [0.3, 0.4) is 0 Å². The molecule has 0 amide bonds. The van der Waals surface area contributed by atoms with E-state index in [1.54, 1.807) is 5.82 Å². The van der Waals surface area contributed by atoms with Crippen LogP contribution in [0.25, 0.3) is 0 Å². The number of aromatic nitrogens is 2. The van der Waals surface area contributed by atoms with Gasteiger partial charge in [0.05, 0.1) is 12.6 Å². The van der Waals surface area contributed by atoms with Crippen molar-refractivity contribution >= 4 is 0 Å². The van der Waals surface area contributed by atoms with Gasteiger partial charge in [0.15, 0.2) is 0 Å². The van der Waals surface area contributed by atoms with Gasteiger partial charge in [0.2, 0.25) is 0 Å². The Morgan fingerprint density at radius 1 is 0.679 bits per heavy atom. The van der Waals surface area contributed by atoms with E-state index in [1.165, 1.54) is 116 Å². The fourth-order valence-electron chi connectivity index (χ4n) is 4.25. The first-order valence-corrected chi connectivity index (χ1v) is 12.8. The van der Waals surface area contributed by atoms with Crippen LogP contribution in [0.1, 0.15) is 142 Å². The highest BCUT2D eigenvalue weighted by molar-refractivity contribution is 4.86. The van der Waals surface area contributed by atoms with Crippen molar-refractivity contribution in [1.82, 2.24) is 4.57 Å². The first-order chi connectivity index (χ1) is 13.7. The second-order valence-electron chi connectivity index (χ2n) is 9.11. The molecule has 0 aromatic carbocycles. The maximum Gasteiger partial charge on any atom is 0.256 e. The van der Waals surface area contributed by atoms with E-state index in [0.29, 0.717) is 6.04 Å². The van der Waals surface area contributed by atoms with Crippen molar-refractivity contribution in [3.05, 3.63) is 18.2 Å². The Hall–Kier alpha value is -0.790. The van der Waals surface area contributed by atoms with E-state index in [0.717, 1.165) is 0 Å². The predicted octanol–water partition coefficient (Wildman–Crippen LogP) is 8.18. The summed E-state index contributed by atoms with van der Waals surface area (Å²) in [6, 6.07) is 0.573. The van der Waals surface area contributed by atoms with Crippen molar-refractivity contribution in [3.8, 4) is 0 Å². The second-order valence-corrected chi connectivity index (χ2v) is 9.11. The zero-order chi connectivity index (χ0) is 20.5. The number of hydrogen-bond acceptors (Lipinski definition) is 0. The standard InChI is InChI=1S/C26H51N2/c1-5-7-9-11-13-15-17-19-21-26-27(23-24-28(26)25(3)4)22-20-18-16-14-12-10-8-6-2/h23-25H,5-22H2,1-4H3/q+1. The van der Waals surface area contributed by atoms with Gasteiger partial charge in [-0.3, -0.25) is 0 Å². The Labute approximate surface area is 177 Å². The predicted molar refractivity (Wildman–Crippen MR) is 124 cm³/mol. The molecule has 0 radical (unpaired) electrons. The van der Waals surface area contributed by atoms with Gasteiger partial charge in [-0.25, -0.2) is 9.13 Å². The van der Waals surface area contributed by atoms with E-state index in [9.17, 15) is 0 Å². The van der Waals surface area contributed by atoms with E-state index in [4.69, 9.17) is 0 Å². The Morgan fingerprint density at radius 2 is 1.14 bits per heavy atom. The third-order valence-electron chi connectivity index (χ3n) is 6.10. The van der Waals surface area contributed by atoms with Gasteiger partial charge in [-0.05, 0) is 33.1 Å². The number of rotatable bonds is 19. The molecule has 0 atom stereocenters. The molecule has 0 saturated heterocycles. The van der Waals surface area contributed by atoms with Gasteiger partial charge in [-0.2, -0.15) is 0 Å². The van der Waals surface area contributed by atoms with E-state index in [-0.39, 0.29) is 0 Å². The van der Waals surface area contributed by atoms with Crippen LogP contribution in [0.5, 0.6) is 0 Å². The minimum Gasteiger partial charge on any atom is -0.234 e. The minimum absolute atomic E-state index is 0.573. The molecule has 2 heteroatoms. The topological polar surface area (TPSA) is 8.81 Å². The largest absolute Gasteiger partial charge is 0.256 e. The second kappa shape index (κ2) is 17.1. The summed E-state index contributed by atoms with van der Waals surface area (Å²) in [6.45, 7) is 10.4. The molecule has 0 spiro atoms. The van der Waals surface area contributed by atoms with Gasteiger partial charge in [0.1, 0.15) is 12.4 Å². The van der Waals surface area contributed by atoms with E-state index in [1.807, 2.05) is 0 Å². The third-order valence-corrected chi connectivity index (χ3v) is 6.10. The zero-order valence-corrected chi connectivity index (χ0v) is 19.9. The highest BCUT2D eigenvalue weighted by Crippen LogP contribution is 2.14. The lowest BCUT2D eigenvalue weighted by Crippen LogP contribution is -2.37. The third kappa shape index (κ3) is 11.3. The van der Waals surface area contributed by atoms with Gasteiger partial charge in [-0.15, -0.1) is 0 Å². The van der Waals surface area contributed by atoms with Crippen molar-refractivity contribution < 1.29 is 4.57 Å². The molecule has 0 N–H and O–H groups in total. The molecule has 0 unspecified atom stereocenters. The van der Waals surface area contributed by atoms with Crippen LogP contribution >= 0.6 is 0 Å². The van der Waals surface area contributed by atoms with Gasteiger partial charge in [0.25, 0.3) is 5.82 Å². The summed E-state index contributed by atoms with van der Waals surface area (Å²) in [6.07, 6.45) is 28.4. The first-order valence-electron chi connectivity index (χ1n) is 12.8. The molecule has 0 aliphatic heterocycles. The highest BCUT2D eigenvalue weighted by Gasteiger charge is 2.18. The van der Waals surface area contributed by atoms with Crippen molar-refractivity contribution in [2.75, 3.05) is 0 Å². The summed E-state index contributed by atoms with van der Waals surface area (Å²) < 4.78 is 5.06. The molecule has 164 valence electrons. The van der Waals surface area contributed by atoms with Gasteiger partial charge < -0.3 is 0 Å².